The van der Waals surface area contributed by atoms with Gasteiger partial charge in [-0.1, -0.05) is 202 Å². The first-order valence-electron chi connectivity index (χ1n) is 47.1. The number of nitrogens with zero attached hydrogens (tertiary/aromatic N) is 9. The van der Waals surface area contributed by atoms with Crippen molar-refractivity contribution in [3.8, 4) is 68.7 Å². The van der Waals surface area contributed by atoms with E-state index in [9.17, 15) is 53.9 Å². The predicted octanol–water partition coefficient (Wildman–Crippen LogP) is 21.8. The quantitative estimate of drug-likeness (QED) is 0.0246. The number of nitrogens with one attached hydrogen (secondary N) is 3. The number of carbonyl (C=O) groups excluding carboxylic acids is 3. The normalized spacial score (nSPS) is 17.3. The number of hydrogen-bond acceptors (Lipinski definition) is 21. The van der Waals surface area contributed by atoms with Crippen LogP contribution in [0.3, 0.4) is 0 Å². The van der Waals surface area contributed by atoms with E-state index < -0.39 is 59.4 Å². The van der Waals surface area contributed by atoms with Crippen LogP contribution >= 0.6 is 0 Å². The second-order valence-electron chi connectivity index (χ2n) is 36.0. The van der Waals surface area contributed by atoms with Gasteiger partial charge in [0.15, 0.2) is 18.1 Å². The average Bonchev–Trinajstić information content (AvgIpc) is 1.63. The molecule has 6 heterocycles. The highest BCUT2D eigenvalue weighted by Gasteiger charge is 2.43. The van der Waals surface area contributed by atoms with Crippen LogP contribution < -0.4 is 44.4 Å². The zero-order valence-corrected chi connectivity index (χ0v) is 79.6. The molecule has 13 aromatic rings. The van der Waals surface area contributed by atoms with Crippen molar-refractivity contribution in [2.45, 2.75) is 130 Å². The third-order valence-electron chi connectivity index (χ3n) is 25.2. The van der Waals surface area contributed by atoms with Gasteiger partial charge in [-0.05, 0) is 213 Å². The largest absolute Gasteiger partial charge is 0.493 e. The first-order valence-corrected chi connectivity index (χ1v) is 47.1. The number of halogens is 9. The van der Waals surface area contributed by atoms with Crippen LogP contribution in [-0.4, -0.2) is 155 Å². The molecule has 3 fully saturated rings. The predicted molar refractivity (Wildman–Crippen MR) is 512 cm³/mol. The molecule has 24 nitrogen and oxygen atoms in total. The first kappa shape index (κ1) is 103. The molecule has 0 saturated carbocycles. The maximum absolute atomic E-state index is 14.1. The van der Waals surface area contributed by atoms with E-state index in [4.69, 9.17) is 42.0 Å². The molecule has 3 unspecified atom stereocenters. The van der Waals surface area contributed by atoms with Crippen LogP contribution in [0.1, 0.15) is 143 Å². The van der Waals surface area contributed by atoms with E-state index in [0.29, 0.717) is 101 Å². The third-order valence-corrected chi connectivity index (χ3v) is 25.2. The maximum Gasteiger partial charge on any atom is 0.416 e. The zero-order chi connectivity index (χ0) is 99.7. The van der Waals surface area contributed by atoms with Crippen molar-refractivity contribution in [3.05, 3.63) is 322 Å². The standard InChI is InChI=1S/C40H41F3N4O4.2C34H37F3N4O4/c1-27-10-14-31(15-11-27)37-45-39(51-46-37)36(47-24-6-7-29(25-47)26-49-33-18-12-28(2)13-19-33)38(48)44-23-22-35(30-8-4-3-5-9-30)50-34-20-16-32(17-21-34)40(41,42)43;2*1-22-4-8-25(9-5-22)31-39-33(45-40-31)30(32(42)38-17-19-43-28-14-10-27(11-15-28)34(35,36)37)41-18-16-24(3)26(20-41)21-44-29-12-6-23(2)7-13-29/h3-5,8-21,29,35-36H,6-7,22-26H2,1-2H3,(H,44,48);2*4-15,24,26,30H,16-21H2,1-3H3,(H,38,42)/t29-,35-,36?;24-,26+,30?;24-,26-,30?/m101/s1. The molecule has 3 aliphatic rings. The van der Waals surface area contributed by atoms with Crippen molar-refractivity contribution < 1.29 is 95.9 Å². The Balaban J connectivity index is 0.000000169. The van der Waals surface area contributed by atoms with E-state index in [0.717, 1.165) is 135 Å². The number of amides is 3. The number of piperidine rings is 3. The van der Waals surface area contributed by atoms with Gasteiger partial charge in [-0.25, -0.2) is 0 Å². The van der Waals surface area contributed by atoms with Crippen LogP contribution in [0.25, 0.3) is 34.2 Å². The van der Waals surface area contributed by atoms with Crippen molar-refractivity contribution in [1.29, 1.82) is 0 Å². The summed E-state index contributed by atoms with van der Waals surface area (Å²) in [5.41, 5.74) is 7.66. The van der Waals surface area contributed by atoms with E-state index >= 15 is 0 Å². The van der Waals surface area contributed by atoms with Crippen molar-refractivity contribution in [2.24, 2.45) is 29.6 Å². The van der Waals surface area contributed by atoms with E-state index in [-0.39, 0.29) is 97.5 Å². The Morgan fingerprint density at radius 2 is 0.667 bits per heavy atom. The highest BCUT2D eigenvalue weighted by Crippen LogP contribution is 2.40. The topological polar surface area (TPSA) is 269 Å². The summed E-state index contributed by atoms with van der Waals surface area (Å²) in [6, 6.07) is 67.3. The van der Waals surface area contributed by atoms with E-state index in [1.807, 2.05) is 227 Å². The van der Waals surface area contributed by atoms with E-state index in [1.165, 1.54) is 36.4 Å². The van der Waals surface area contributed by atoms with Gasteiger partial charge in [-0.15, -0.1) is 0 Å². The molecule has 10 aromatic carbocycles. The summed E-state index contributed by atoms with van der Waals surface area (Å²) in [5.74, 6) is 5.23. The number of ether oxygens (including phenoxy) is 6. The summed E-state index contributed by atoms with van der Waals surface area (Å²) in [6.45, 7) is 22.2. The van der Waals surface area contributed by atoms with Crippen LogP contribution in [0.5, 0.6) is 34.5 Å². The van der Waals surface area contributed by atoms with Crippen LogP contribution in [-0.2, 0) is 32.9 Å². The van der Waals surface area contributed by atoms with Gasteiger partial charge in [0.25, 0.3) is 17.7 Å². The van der Waals surface area contributed by atoms with Gasteiger partial charge in [0.1, 0.15) is 53.8 Å². The van der Waals surface area contributed by atoms with Gasteiger partial charge in [0.05, 0.1) is 49.6 Å². The Morgan fingerprint density at radius 1 is 0.362 bits per heavy atom. The molecule has 0 bridgehead atoms. The Bertz CT molecular complexity index is 5870. The first-order chi connectivity index (χ1) is 67.7. The molecule has 742 valence electrons. The molecule has 3 amide bonds. The summed E-state index contributed by atoms with van der Waals surface area (Å²) in [7, 11) is 0. The lowest BCUT2D eigenvalue weighted by atomic mass is 9.86. The van der Waals surface area contributed by atoms with Crippen molar-refractivity contribution >= 4 is 17.7 Å². The Morgan fingerprint density at radius 3 is 1.01 bits per heavy atom. The molecular formula is C108H115F9N12O12. The maximum atomic E-state index is 14.1. The number of carbonyl (C=O) groups is 3. The second-order valence-corrected chi connectivity index (χ2v) is 36.0. The summed E-state index contributed by atoms with van der Waals surface area (Å²) in [4.78, 5) is 61.6. The van der Waals surface area contributed by atoms with Crippen LogP contribution in [0.15, 0.2) is 262 Å². The molecule has 16 rings (SSSR count). The molecule has 3 aliphatic heterocycles. The van der Waals surface area contributed by atoms with Crippen molar-refractivity contribution in [3.63, 3.8) is 0 Å². The summed E-state index contributed by atoms with van der Waals surface area (Å²) >= 11 is 0. The van der Waals surface area contributed by atoms with Gasteiger partial charge in [-0.3, -0.25) is 29.1 Å². The van der Waals surface area contributed by atoms with Gasteiger partial charge in [0, 0.05) is 67.0 Å². The molecule has 9 atom stereocenters. The van der Waals surface area contributed by atoms with Crippen LogP contribution in [0, 0.1) is 71.1 Å². The molecule has 3 saturated heterocycles. The second kappa shape index (κ2) is 48.3. The van der Waals surface area contributed by atoms with Crippen LogP contribution in [0.2, 0.25) is 0 Å². The zero-order valence-electron chi connectivity index (χ0n) is 79.6. The lowest BCUT2D eigenvalue weighted by Gasteiger charge is -2.39. The minimum absolute atomic E-state index is 0.0618. The number of hydrogen-bond donors (Lipinski definition) is 3. The Kier molecular flexibility index (Phi) is 35.3. The fourth-order valence-electron chi connectivity index (χ4n) is 16.7. The molecule has 3 N–H and O–H groups in total. The monoisotopic (exact) mass is 1940 g/mol. The van der Waals surface area contributed by atoms with Crippen LogP contribution in [0.4, 0.5) is 39.5 Å². The average molecular weight is 1940 g/mol. The van der Waals surface area contributed by atoms with Gasteiger partial charge in [-0.2, -0.15) is 54.5 Å². The number of rotatable bonds is 35. The van der Waals surface area contributed by atoms with E-state index in [2.05, 4.69) is 65.1 Å². The van der Waals surface area contributed by atoms with Gasteiger partial charge >= 0.3 is 18.5 Å². The van der Waals surface area contributed by atoms with Gasteiger partial charge in [0.2, 0.25) is 35.2 Å². The minimum atomic E-state index is -4.44. The van der Waals surface area contributed by atoms with Gasteiger partial charge < -0.3 is 57.9 Å². The fraction of sp³-hybridized carbons (Fsp3) is 0.361. The van der Waals surface area contributed by atoms with Crippen molar-refractivity contribution in [2.75, 3.05) is 91.9 Å². The third kappa shape index (κ3) is 29.6. The molecule has 0 spiro atoms. The number of likely N-dealkylation sites (tertiary alicyclic amines) is 3. The lowest BCUT2D eigenvalue weighted by Crippen LogP contribution is -2.48. The molecule has 141 heavy (non-hydrogen) atoms. The highest BCUT2D eigenvalue weighted by molar-refractivity contribution is 5.83. The Hall–Kier alpha value is -13.9. The van der Waals surface area contributed by atoms with Crippen molar-refractivity contribution in [1.82, 2.24) is 61.1 Å². The minimum Gasteiger partial charge on any atom is -0.493 e. The molecule has 0 radical (unpaired) electrons. The Labute approximate surface area is 813 Å². The fourth-order valence-corrected chi connectivity index (χ4v) is 16.7. The lowest BCUT2D eigenvalue weighted by molar-refractivity contribution is -0.138. The molecular weight excluding hydrogens is 1830 g/mol. The summed E-state index contributed by atoms with van der Waals surface area (Å²) in [6.07, 6.45) is -9.95. The summed E-state index contributed by atoms with van der Waals surface area (Å²) in [5, 5.41) is 21.4. The number of benzene rings is 10. The number of aryl methyl sites for hydroxylation is 6. The SMILES string of the molecule is Cc1ccc(OC[C@@H]2CCCN(C(C(=O)NCC[C@@H](Oc3ccc(C(F)(F)F)cc3)c3ccccc3)c3nc(-c4ccc(C)cc4)no3)C2)cc1.Cc1ccc(OC[C@H]2CN(C(C(=O)NCCOc3ccc(C(F)(F)F)cc3)c3nc(-c4ccc(C)cc4)no3)CC[C@@H]2C)cc1.Cc1ccc(OC[C@H]2CN(C(C(=O)NCCOc3ccc(C(F)(F)F)cc3)c3nc(-c4ccc(C)cc4)no3)CC[C@H]2C)cc1. The molecule has 0 aliphatic carbocycles. The highest BCUT2D eigenvalue weighted by atomic mass is 19.4. The number of alkyl halides is 9. The molecule has 33 heteroatoms. The number of aromatic nitrogens is 6. The van der Waals surface area contributed by atoms with E-state index in [1.54, 1.807) is 0 Å². The summed E-state index contributed by atoms with van der Waals surface area (Å²) < 4.78 is 169. The smallest absolute Gasteiger partial charge is 0.416 e. The molecule has 3 aromatic heterocycles.